The van der Waals surface area contributed by atoms with Crippen LogP contribution in [0.3, 0.4) is 0 Å². The maximum atomic E-state index is 13.1. The highest BCUT2D eigenvalue weighted by Crippen LogP contribution is 2.27. The number of nitrogens with one attached hydrogen (secondary N) is 1. The topological polar surface area (TPSA) is 61.9 Å². The van der Waals surface area contributed by atoms with Crippen LogP contribution in [0.1, 0.15) is 28.9 Å². The predicted molar refractivity (Wildman–Crippen MR) is 103 cm³/mol. The number of carbonyl (C=O) groups is 2. The van der Waals surface area contributed by atoms with Crippen LogP contribution in [0.5, 0.6) is 0 Å². The van der Waals surface area contributed by atoms with Crippen LogP contribution in [-0.4, -0.2) is 49.1 Å². The summed E-state index contributed by atoms with van der Waals surface area (Å²) < 4.78 is 6.05. The Balaban J connectivity index is 1.54. The van der Waals surface area contributed by atoms with Gasteiger partial charge in [-0.3, -0.25) is 9.69 Å². The summed E-state index contributed by atoms with van der Waals surface area (Å²) in [6.07, 6.45) is -0.174. The van der Waals surface area contributed by atoms with E-state index in [2.05, 4.69) is 5.32 Å². The van der Waals surface area contributed by atoms with Crippen molar-refractivity contribution in [3.8, 4) is 0 Å². The largest absolute Gasteiger partial charge is 0.367 e. The van der Waals surface area contributed by atoms with Crippen molar-refractivity contribution in [2.45, 2.75) is 19.1 Å². The smallest absolute Gasteiger partial charge is 0.321 e. The van der Waals surface area contributed by atoms with Gasteiger partial charge in [0, 0.05) is 30.9 Å². The Morgan fingerprint density at radius 3 is 2.67 bits per heavy atom. The standard InChI is InChI=1S/C21H23N3O3/c1-15-13-23(14-19(27-15)16-6-3-2-4-7-16)20(25)17-8-5-9-18(12-17)24-11-10-22-21(24)26/h2-9,12,15,19H,10-11,13-14H2,1H3,(H,22,26)/t15-,19+/m1/s1. The molecule has 1 N–H and O–H groups in total. The first kappa shape index (κ1) is 17.5. The minimum atomic E-state index is -0.133. The molecular weight excluding hydrogens is 342 g/mol. The molecular formula is C21H23N3O3. The van der Waals surface area contributed by atoms with Crippen LogP contribution in [0.4, 0.5) is 10.5 Å². The highest BCUT2D eigenvalue weighted by molar-refractivity contribution is 5.98. The van der Waals surface area contributed by atoms with E-state index in [4.69, 9.17) is 4.74 Å². The van der Waals surface area contributed by atoms with E-state index in [0.717, 1.165) is 11.3 Å². The lowest BCUT2D eigenvalue weighted by Crippen LogP contribution is -2.46. The zero-order chi connectivity index (χ0) is 18.8. The molecule has 2 aliphatic heterocycles. The normalized spacial score (nSPS) is 22.6. The quantitative estimate of drug-likeness (QED) is 0.910. The van der Waals surface area contributed by atoms with Gasteiger partial charge in [-0.25, -0.2) is 4.79 Å². The van der Waals surface area contributed by atoms with Crippen molar-refractivity contribution in [3.05, 3.63) is 65.7 Å². The Bertz CT molecular complexity index is 840. The van der Waals surface area contributed by atoms with E-state index in [1.54, 1.807) is 17.0 Å². The van der Waals surface area contributed by atoms with Gasteiger partial charge in [0.2, 0.25) is 0 Å². The third-order valence-corrected chi connectivity index (χ3v) is 4.98. The first-order valence-electron chi connectivity index (χ1n) is 9.27. The average molecular weight is 365 g/mol. The van der Waals surface area contributed by atoms with Gasteiger partial charge in [0.1, 0.15) is 6.10 Å². The molecule has 2 aromatic rings. The van der Waals surface area contributed by atoms with Crippen molar-refractivity contribution < 1.29 is 14.3 Å². The fourth-order valence-electron chi connectivity index (χ4n) is 3.68. The van der Waals surface area contributed by atoms with E-state index >= 15 is 0 Å². The summed E-state index contributed by atoms with van der Waals surface area (Å²) in [7, 11) is 0. The molecule has 0 radical (unpaired) electrons. The van der Waals surface area contributed by atoms with Gasteiger partial charge in [-0.05, 0) is 30.7 Å². The summed E-state index contributed by atoms with van der Waals surface area (Å²) >= 11 is 0. The number of amides is 3. The van der Waals surface area contributed by atoms with Gasteiger partial charge in [-0.15, -0.1) is 0 Å². The van der Waals surface area contributed by atoms with E-state index in [1.165, 1.54) is 0 Å². The number of anilines is 1. The van der Waals surface area contributed by atoms with E-state index in [1.807, 2.05) is 54.3 Å². The van der Waals surface area contributed by atoms with Crippen LogP contribution in [0.25, 0.3) is 0 Å². The van der Waals surface area contributed by atoms with E-state index in [9.17, 15) is 9.59 Å². The van der Waals surface area contributed by atoms with Crippen LogP contribution in [0, 0.1) is 0 Å². The maximum absolute atomic E-state index is 13.1. The molecule has 6 heteroatoms. The average Bonchev–Trinajstić information content (AvgIpc) is 3.13. The lowest BCUT2D eigenvalue weighted by atomic mass is 10.1. The molecule has 0 saturated carbocycles. The van der Waals surface area contributed by atoms with Crippen LogP contribution >= 0.6 is 0 Å². The SMILES string of the molecule is C[C@@H]1CN(C(=O)c2cccc(N3CCNC3=O)c2)C[C@@H](c2ccccc2)O1. The summed E-state index contributed by atoms with van der Waals surface area (Å²) in [5.41, 5.74) is 2.41. The van der Waals surface area contributed by atoms with E-state index in [-0.39, 0.29) is 24.1 Å². The molecule has 2 aliphatic rings. The molecule has 2 aromatic carbocycles. The molecule has 2 atom stereocenters. The minimum absolute atomic E-state index is 0.0347. The van der Waals surface area contributed by atoms with Crippen LogP contribution in [0.2, 0.25) is 0 Å². The molecule has 140 valence electrons. The molecule has 0 aromatic heterocycles. The minimum Gasteiger partial charge on any atom is -0.367 e. The molecule has 2 saturated heterocycles. The molecule has 4 rings (SSSR count). The number of benzene rings is 2. The fourth-order valence-corrected chi connectivity index (χ4v) is 3.68. The number of rotatable bonds is 3. The molecule has 0 spiro atoms. The van der Waals surface area contributed by atoms with Gasteiger partial charge in [0.15, 0.2) is 0 Å². The summed E-state index contributed by atoms with van der Waals surface area (Å²) in [4.78, 5) is 28.5. The third-order valence-electron chi connectivity index (χ3n) is 4.98. The number of urea groups is 1. The van der Waals surface area contributed by atoms with Crippen molar-refractivity contribution in [2.75, 3.05) is 31.1 Å². The predicted octanol–water partition coefficient (Wildman–Crippen LogP) is 2.82. The molecule has 0 aliphatic carbocycles. The second-order valence-electron chi connectivity index (χ2n) is 6.99. The zero-order valence-corrected chi connectivity index (χ0v) is 15.3. The highest BCUT2D eigenvalue weighted by atomic mass is 16.5. The number of hydrogen-bond donors (Lipinski definition) is 1. The molecule has 2 fully saturated rings. The first-order chi connectivity index (χ1) is 13.1. The number of carbonyl (C=O) groups excluding carboxylic acids is 2. The molecule has 0 bridgehead atoms. The van der Waals surface area contributed by atoms with Gasteiger partial charge in [0.05, 0.1) is 12.6 Å². The Kier molecular flexibility index (Phi) is 4.81. The third kappa shape index (κ3) is 3.66. The molecule has 3 amide bonds. The Hall–Kier alpha value is -2.86. The molecule has 0 unspecified atom stereocenters. The highest BCUT2D eigenvalue weighted by Gasteiger charge is 2.30. The van der Waals surface area contributed by atoms with Gasteiger partial charge < -0.3 is 15.0 Å². The van der Waals surface area contributed by atoms with Crippen LogP contribution < -0.4 is 10.2 Å². The lowest BCUT2D eigenvalue weighted by molar-refractivity contribution is -0.0691. The van der Waals surface area contributed by atoms with E-state index in [0.29, 0.717) is 31.7 Å². The second-order valence-corrected chi connectivity index (χ2v) is 6.99. The Labute approximate surface area is 158 Å². The Morgan fingerprint density at radius 1 is 1.11 bits per heavy atom. The molecule has 6 nitrogen and oxygen atoms in total. The second kappa shape index (κ2) is 7.40. The van der Waals surface area contributed by atoms with Crippen molar-refractivity contribution in [1.82, 2.24) is 10.2 Å². The van der Waals surface area contributed by atoms with Crippen molar-refractivity contribution in [1.29, 1.82) is 0 Å². The monoisotopic (exact) mass is 365 g/mol. The first-order valence-corrected chi connectivity index (χ1v) is 9.27. The number of morpholine rings is 1. The van der Waals surface area contributed by atoms with Crippen molar-refractivity contribution in [2.24, 2.45) is 0 Å². The number of nitrogens with zero attached hydrogens (tertiary/aromatic N) is 2. The maximum Gasteiger partial charge on any atom is 0.321 e. The zero-order valence-electron chi connectivity index (χ0n) is 15.3. The van der Waals surface area contributed by atoms with Gasteiger partial charge >= 0.3 is 6.03 Å². The summed E-state index contributed by atoms with van der Waals surface area (Å²) in [6.45, 7) is 4.29. The van der Waals surface area contributed by atoms with Crippen LogP contribution in [0.15, 0.2) is 54.6 Å². The van der Waals surface area contributed by atoms with Crippen LogP contribution in [-0.2, 0) is 4.74 Å². The van der Waals surface area contributed by atoms with Gasteiger partial charge in [0.25, 0.3) is 5.91 Å². The summed E-state index contributed by atoms with van der Waals surface area (Å²) in [5.74, 6) is -0.0347. The van der Waals surface area contributed by atoms with Gasteiger partial charge in [-0.1, -0.05) is 36.4 Å². The van der Waals surface area contributed by atoms with E-state index < -0.39 is 0 Å². The number of hydrogen-bond acceptors (Lipinski definition) is 3. The Morgan fingerprint density at radius 2 is 1.93 bits per heavy atom. The summed E-state index contributed by atoms with van der Waals surface area (Å²) in [6, 6.07) is 17.1. The lowest BCUT2D eigenvalue weighted by Gasteiger charge is -2.37. The molecule has 27 heavy (non-hydrogen) atoms. The van der Waals surface area contributed by atoms with Gasteiger partial charge in [-0.2, -0.15) is 0 Å². The number of ether oxygens (including phenoxy) is 1. The molecule has 2 heterocycles. The van der Waals surface area contributed by atoms with Crippen molar-refractivity contribution >= 4 is 17.6 Å². The fraction of sp³-hybridized carbons (Fsp3) is 0.333. The summed E-state index contributed by atoms with van der Waals surface area (Å²) in [5, 5.41) is 2.79. The van der Waals surface area contributed by atoms with Crippen molar-refractivity contribution in [3.63, 3.8) is 0 Å².